The topological polar surface area (TPSA) is 137 Å². The van der Waals surface area contributed by atoms with Gasteiger partial charge in [0.15, 0.2) is 0 Å². The van der Waals surface area contributed by atoms with Crippen molar-refractivity contribution < 1.29 is 36.3 Å². The fraction of sp³-hybridized carbons (Fsp3) is 0.500. The highest BCUT2D eigenvalue weighted by molar-refractivity contribution is 7.89. The highest BCUT2D eigenvalue weighted by Gasteiger charge is 2.38. The number of amides is 1. The molecule has 3 heterocycles. The van der Waals surface area contributed by atoms with Gasteiger partial charge in [-0.3, -0.25) is 4.79 Å². The predicted octanol–water partition coefficient (Wildman–Crippen LogP) is 5.39. The number of rotatable bonds is 10. The average molecular weight is 631 g/mol. The molecule has 1 aliphatic rings. The second-order valence-electron chi connectivity index (χ2n) is 10.3. The number of halogens is 3. The lowest BCUT2D eigenvalue weighted by Crippen LogP contribution is -2.38. The van der Waals surface area contributed by atoms with Gasteiger partial charge in [-0.05, 0) is 86.0 Å². The van der Waals surface area contributed by atoms with Crippen LogP contribution in [0.2, 0.25) is 0 Å². The number of carboxylic acid groups (broad SMARTS) is 1. The number of unbranched alkanes of at least 4 members (excludes halogenated alkanes) is 1. The molecule has 1 aromatic carbocycles. The Balaban J connectivity index is 0.000000616. The molecule has 0 aliphatic carbocycles. The first-order valence-electron chi connectivity index (χ1n) is 13.7. The van der Waals surface area contributed by atoms with Crippen molar-refractivity contribution in [2.24, 2.45) is 5.73 Å². The standard InChI is InChI=1S/C26H36N4O3S2.C2HF3O2/c1-4-6-9-29(3)16-21-12-20(17-34-21)19-13-22-24(15-28-25(22)23(14-19)26(27)31)18-7-10-30(11-8-18)35(32,33)5-2;3-2(4,5)1(6)7/h12-15,17-18,28H,4-11,16H2,1-3H3,(H2,27,31);(H,6,7). The third kappa shape index (κ3) is 8.33. The highest BCUT2D eigenvalue weighted by Crippen LogP contribution is 2.38. The second-order valence-corrected chi connectivity index (χ2v) is 13.6. The number of hydrogen-bond donors (Lipinski definition) is 3. The van der Waals surface area contributed by atoms with E-state index in [2.05, 4.69) is 41.4 Å². The molecule has 0 spiro atoms. The van der Waals surface area contributed by atoms with Crippen molar-refractivity contribution in [1.29, 1.82) is 0 Å². The molecule has 1 aliphatic heterocycles. The maximum atomic E-state index is 12.3. The third-order valence-electron chi connectivity index (χ3n) is 7.29. The van der Waals surface area contributed by atoms with Gasteiger partial charge in [0.2, 0.25) is 10.0 Å². The number of nitrogens with zero attached hydrogens (tertiary/aromatic N) is 2. The summed E-state index contributed by atoms with van der Waals surface area (Å²) in [5.74, 6) is -2.85. The zero-order valence-electron chi connectivity index (χ0n) is 23.8. The quantitative estimate of drug-likeness (QED) is 0.275. The highest BCUT2D eigenvalue weighted by atomic mass is 32.2. The monoisotopic (exact) mass is 630 g/mol. The number of nitrogens with one attached hydrogen (secondary N) is 1. The van der Waals surface area contributed by atoms with Gasteiger partial charge in [0.25, 0.3) is 5.91 Å². The Hall–Kier alpha value is -2.94. The fourth-order valence-corrected chi connectivity index (χ4v) is 7.07. The maximum Gasteiger partial charge on any atom is 0.490 e. The summed E-state index contributed by atoms with van der Waals surface area (Å²) in [6.45, 7) is 6.92. The number of carbonyl (C=O) groups excluding carboxylic acids is 1. The minimum absolute atomic E-state index is 0.132. The minimum Gasteiger partial charge on any atom is -0.475 e. The van der Waals surface area contributed by atoms with E-state index < -0.39 is 28.1 Å². The van der Waals surface area contributed by atoms with E-state index in [9.17, 15) is 26.4 Å². The van der Waals surface area contributed by atoms with Crippen LogP contribution in [0.4, 0.5) is 13.2 Å². The summed E-state index contributed by atoms with van der Waals surface area (Å²) in [6, 6.07) is 6.24. The number of carboxylic acids is 1. The Bertz CT molecular complexity index is 1490. The molecule has 232 valence electrons. The van der Waals surface area contributed by atoms with E-state index in [-0.39, 0.29) is 11.7 Å². The molecule has 1 fully saturated rings. The number of hydrogen-bond acceptors (Lipinski definition) is 6. The Morgan fingerprint density at radius 3 is 2.36 bits per heavy atom. The van der Waals surface area contributed by atoms with Crippen LogP contribution in [-0.2, 0) is 21.4 Å². The first kappa shape index (κ1) is 33.6. The van der Waals surface area contributed by atoms with Crippen molar-refractivity contribution in [2.75, 3.05) is 32.4 Å². The van der Waals surface area contributed by atoms with Gasteiger partial charge in [0.1, 0.15) is 0 Å². The lowest BCUT2D eigenvalue weighted by Gasteiger charge is -2.31. The molecule has 0 bridgehead atoms. The van der Waals surface area contributed by atoms with Crippen LogP contribution in [0, 0.1) is 0 Å². The number of carbonyl (C=O) groups is 2. The molecule has 0 unspecified atom stereocenters. The average Bonchev–Trinajstić information content (AvgIpc) is 3.58. The van der Waals surface area contributed by atoms with Crippen molar-refractivity contribution in [3.8, 4) is 11.1 Å². The molecule has 42 heavy (non-hydrogen) atoms. The summed E-state index contributed by atoms with van der Waals surface area (Å²) in [5, 5.41) is 10.3. The fourth-order valence-electron chi connectivity index (χ4n) is 4.97. The van der Waals surface area contributed by atoms with Crippen molar-refractivity contribution >= 4 is 44.1 Å². The Morgan fingerprint density at radius 1 is 1.17 bits per heavy atom. The Kier molecular flexibility index (Phi) is 11.2. The van der Waals surface area contributed by atoms with Crippen LogP contribution in [0.3, 0.4) is 0 Å². The number of aromatic nitrogens is 1. The van der Waals surface area contributed by atoms with Gasteiger partial charge in [-0.2, -0.15) is 13.2 Å². The van der Waals surface area contributed by atoms with Crippen molar-refractivity contribution in [1.82, 2.24) is 14.2 Å². The summed E-state index contributed by atoms with van der Waals surface area (Å²) in [5.41, 5.74) is 10.2. The van der Waals surface area contributed by atoms with E-state index in [1.54, 1.807) is 22.6 Å². The van der Waals surface area contributed by atoms with Gasteiger partial charge in [-0.25, -0.2) is 17.5 Å². The van der Waals surface area contributed by atoms with Gasteiger partial charge in [-0.15, -0.1) is 11.3 Å². The number of aliphatic carboxylic acids is 1. The number of primary amides is 1. The van der Waals surface area contributed by atoms with Gasteiger partial charge in [-0.1, -0.05) is 13.3 Å². The smallest absolute Gasteiger partial charge is 0.475 e. The molecule has 1 amide bonds. The number of piperidine rings is 1. The molecular weight excluding hydrogens is 593 g/mol. The number of benzene rings is 1. The Labute approximate surface area is 247 Å². The van der Waals surface area contributed by atoms with Crippen LogP contribution in [0.15, 0.2) is 29.8 Å². The maximum absolute atomic E-state index is 12.3. The Morgan fingerprint density at radius 2 is 1.81 bits per heavy atom. The first-order valence-corrected chi connectivity index (χ1v) is 16.2. The molecule has 3 aromatic rings. The van der Waals surface area contributed by atoms with Crippen LogP contribution in [0.1, 0.15) is 66.2 Å². The van der Waals surface area contributed by atoms with Gasteiger partial charge in [0.05, 0.1) is 16.8 Å². The lowest BCUT2D eigenvalue weighted by atomic mass is 9.88. The number of fused-ring (bicyclic) bond motifs is 1. The molecule has 9 nitrogen and oxygen atoms in total. The largest absolute Gasteiger partial charge is 0.490 e. The van der Waals surface area contributed by atoms with Crippen LogP contribution in [0.5, 0.6) is 0 Å². The van der Waals surface area contributed by atoms with Gasteiger partial charge < -0.3 is 20.7 Å². The van der Waals surface area contributed by atoms with E-state index in [0.717, 1.165) is 53.5 Å². The number of thiophene rings is 1. The van der Waals surface area contributed by atoms with E-state index in [4.69, 9.17) is 15.6 Å². The summed E-state index contributed by atoms with van der Waals surface area (Å²) < 4.78 is 57.9. The molecule has 4 rings (SSSR count). The SMILES string of the molecule is CCCCN(C)Cc1cc(-c2cc(C(N)=O)c3[nH]cc(C4CCN(S(=O)(=O)CC)CC4)c3c2)cs1.O=C(O)C(F)(F)F. The third-order valence-corrected chi connectivity index (χ3v) is 10.1. The number of alkyl halides is 3. The summed E-state index contributed by atoms with van der Waals surface area (Å²) >= 11 is 1.74. The molecule has 0 atom stereocenters. The van der Waals surface area contributed by atoms with E-state index in [1.807, 2.05) is 12.3 Å². The van der Waals surface area contributed by atoms with Crippen LogP contribution >= 0.6 is 11.3 Å². The number of nitrogens with two attached hydrogens (primary N) is 1. The molecule has 2 aromatic heterocycles. The molecule has 0 radical (unpaired) electrons. The van der Waals surface area contributed by atoms with Gasteiger partial charge in [0, 0.05) is 36.1 Å². The van der Waals surface area contributed by atoms with Crippen molar-refractivity contribution in [2.45, 2.75) is 58.2 Å². The summed E-state index contributed by atoms with van der Waals surface area (Å²) in [6.07, 6.45) is 0.774. The van der Waals surface area contributed by atoms with Crippen LogP contribution in [0.25, 0.3) is 22.0 Å². The molecule has 14 heteroatoms. The van der Waals surface area contributed by atoms with Crippen LogP contribution < -0.4 is 5.73 Å². The molecular formula is C28H37F3N4O5S2. The number of sulfonamides is 1. The summed E-state index contributed by atoms with van der Waals surface area (Å²) in [7, 11) is -1.02. The predicted molar refractivity (Wildman–Crippen MR) is 158 cm³/mol. The second kappa shape index (κ2) is 14.0. The number of aromatic amines is 1. The van der Waals surface area contributed by atoms with E-state index in [1.165, 1.54) is 17.7 Å². The first-order chi connectivity index (χ1) is 19.7. The summed E-state index contributed by atoms with van der Waals surface area (Å²) in [4.78, 5) is 28.2. The normalized spacial score (nSPS) is 15.1. The van der Waals surface area contributed by atoms with E-state index in [0.29, 0.717) is 18.7 Å². The van der Waals surface area contributed by atoms with Crippen LogP contribution in [-0.4, -0.2) is 78.2 Å². The zero-order valence-corrected chi connectivity index (χ0v) is 25.5. The van der Waals surface area contributed by atoms with Crippen molar-refractivity contribution in [3.05, 3.63) is 45.8 Å². The lowest BCUT2D eigenvalue weighted by molar-refractivity contribution is -0.192. The van der Waals surface area contributed by atoms with Gasteiger partial charge >= 0.3 is 12.1 Å². The molecule has 4 N–H and O–H groups in total. The molecule has 0 saturated carbocycles. The van der Waals surface area contributed by atoms with E-state index >= 15 is 0 Å². The van der Waals surface area contributed by atoms with Crippen molar-refractivity contribution in [3.63, 3.8) is 0 Å². The zero-order chi connectivity index (χ0) is 31.2. The number of H-pyrrole nitrogens is 1. The molecule has 1 saturated heterocycles. The minimum atomic E-state index is -5.08.